The smallest absolute Gasteiger partial charge is 0.316 e. The Kier molecular flexibility index (Phi) is 2.97. The second-order valence-corrected chi connectivity index (χ2v) is 12.2. The summed E-state index contributed by atoms with van der Waals surface area (Å²) in [6.45, 7) is 0. The number of fused-ring (bicyclic) bond motifs is 12. The molecule has 0 saturated heterocycles. The number of pyridine rings is 2. The molecule has 0 amide bonds. The predicted molar refractivity (Wildman–Crippen MR) is 167 cm³/mol. The molecule has 1 unspecified atom stereocenters. The van der Waals surface area contributed by atoms with Crippen LogP contribution < -0.4 is 13.9 Å². The second kappa shape index (κ2) is 6.31. The molecule has 44 heavy (non-hydrogen) atoms. The maximum atomic E-state index is 6.91. The van der Waals surface area contributed by atoms with E-state index in [1.165, 1.54) is 54.9 Å². The topological polar surface area (TPSA) is 51.6 Å². The van der Waals surface area contributed by atoms with E-state index in [4.69, 9.17) is 14.7 Å². The minimum absolute atomic E-state index is 0.718. The van der Waals surface area contributed by atoms with Crippen LogP contribution in [0.3, 0.4) is 0 Å². The average Bonchev–Trinajstić information content (AvgIpc) is 3.79. The van der Waals surface area contributed by atoms with Gasteiger partial charge in [0.15, 0.2) is 22.1 Å². The molecule has 0 aliphatic carbocycles. The normalized spacial score (nSPS) is 17.4. The van der Waals surface area contributed by atoms with Crippen molar-refractivity contribution >= 4 is 77.0 Å². The number of para-hydroxylation sites is 5. The van der Waals surface area contributed by atoms with E-state index in [0.717, 1.165) is 44.7 Å². The largest absolute Gasteiger partial charge is 0.456 e. The Bertz CT molecular complexity index is 2890. The lowest BCUT2D eigenvalue weighted by Crippen LogP contribution is -2.71. The van der Waals surface area contributed by atoms with Crippen LogP contribution >= 0.6 is 0 Å². The van der Waals surface area contributed by atoms with Crippen LogP contribution in [-0.4, -0.2) is 18.8 Å². The highest BCUT2D eigenvalue weighted by molar-refractivity contribution is 6.18. The van der Waals surface area contributed by atoms with Crippen molar-refractivity contribution in [2.45, 2.75) is 5.66 Å². The van der Waals surface area contributed by atoms with E-state index < -0.39 is 5.66 Å². The first-order valence-electron chi connectivity index (χ1n) is 14.9. The van der Waals surface area contributed by atoms with Crippen molar-refractivity contribution in [2.24, 2.45) is 0 Å². The number of imidazole rings is 2. The van der Waals surface area contributed by atoms with Crippen LogP contribution in [0.15, 0.2) is 109 Å². The monoisotopic (exact) mass is 562 g/mol. The standard InChI is InChI=1S/C37H18N6O/c1-2-8-22-19(7-1)20-13-15-27-31-29(20)35-40(22)23-9-3-5-11-25(23)42(35)37(31)32-28(44-27)16-14-21-30(32)36-41(34-33(21)38-17-18-39-34)24-10-4-6-12-26(24)43(36)37/h1-18H/q+2. The van der Waals surface area contributed by atoms with Crippen LogP contribution in [0.25, 0.3) is 77.0 Å². The van der Waals surface area contributed by atoms with Crippen LogP contribution in [0.2, 0.25) is 0 Å². The number of ether oxygens (including phenoxy) is 1. The Morgan fingerprint density at radius 1 is 0.545 bits per heavy atom. The van der Waals surface area contributed by atoms with Crippen LogP contribution in [0.4, 0.5) is 0 Å². The van der Waals surface area contributed by atoms with E-state index in [1.807, 2.05) is 0 Å². The Balaban J connectivity index is 1.45. The molecule has 0 N–H and O–H groups in total. The molecule has 0 fully saturated rings. The quantitative estimate of drug-likeness (QED) is 0.157. The zero-order valence-electron chi connectivity index (χ0n) is 23.0. The summed E-state index contributed by atoms with van der Waals surface area (Å²) in [5, 5.41) is 5.98. The fraction of sp³-hybridized carbons (Fsp3) is 0.0270. The molecule has 7 nitrogen and oxygen atoms in total. The molecule has 10 aromatic rings. The maximum absolute atomic E-state index is 6.91. The van der Waals surface area contributed by atoms with Gasteiger partial charge >= 0.3 is 17.0 Å². The lowest BCUT2D eigenvalue weighted by Gasteiger charge is -2.30. The third-order valence-electron chi connectivity index (χ3n) is 10.5. The summed E-state index contributed by atoms with van der Waals surface area (Å²) >= 11 is 0. The van der Waals surface area contributed by atoms with Gasteiger partial charge in [-0.05, 0) is 54.6 Å². The summed E-state index contributed by atoms with van der Waals surface area (Å²) in [4.78, 5) is 9.86. The van der Waals surface area contributed by atoms with E-state index in [0.29, 0.717) is 0 Å². The van der Waals surface area contributed by atoms with Crippen molar-refractivity contribution in [1.29, 1.82) is 0 Å². The third-order valence-corrected chi connectivity index (χ3v) is 10.5. The molecule has 3 aliphatic rings. The highest BCUT2D eigenvalue weighted by atomic mass is 16.5. The van der Waals surface area contributed by atoms with Crippen molar-refractivity contribution in [3.05, 3.63) is 121 Å². The summed E-state index contributed by atoms with van der Waals surface area (Å²) in [6.07, 6.45) is 3.60. The van der Waals surface area contributed by atoms with E-state index in [-0.39, 0.29) is 0 Å². The van der Waals surface area contributed by atoms with Gasteiger partial charge in [-0.15, -0.1) is 0 Å². The molecular formula is C37H18N6O+2. The Morgan fingerprint density at radius 2 is 1.14 bits per heavy atom. The van der Waals surface area contributed by atoms with E-state index in [2.05, 4.69) is 115 Å². The predicted octanol–water partition coefficient (Wildman–Crippen LogP) is 6.51. The molecule has 1 atom stereocenters. The molecule has 1 spiro atoms. The zero-order chi connectivity index (χ0) is 28.1. The SMILES string of the molecule is c1ccc2c(c1)c1ccc3c4c1c1n2c2ccccc2[n+]1C41c2c(ccc4c5nccnc5n5c6ccccc6[n+]1c5c24)O3. The van der Waals surface area contributed by atoms with Gasteiger partial charge in [0, 0.05) is 28.6 Å². The molecule has 3 aliphatic heterocycles. The number of nitrogens with zero attached hydrogens (tertiary/aromatic N) is 6. The summed E-state index contributed by atoms with van der Waals surface area (Å²) in [6, 6.07) is 35.1. The lowest BCUT2D eigenvalue weighted by molar-refractivity contribution is -0.923. The fourth-order valence-electron chi connectivity index (χ4n) is 9.19. The van der Waals surface area contributed by atoms with Gasteiger partial charge in [0.05, 0.1) is 10.8 Å². The molecule has 0 radical (unpaired) electrons. The van der Waals surface area contributed by atoms with Gasteiger partial charge in [0.25, 0.3) is 5.65 Å². The maximum Gasteiger partial charge on any atom is 0.316 e. The van der Waals surface area contributed by atoms with Crippen molar-refractivity contribution in [2.75, 3.05) is 0 Å². The molecule has 8 heterocycles. The fourth-order valence-corrected chi connectivity index (χ4v) is 9.19. The van der Waals surface area contributed by atoms with Crippen LogP contribution in [0.5, 0.6) is 11.5 Å². The summed E-state index contributed by atoms with van der Waals surface area (Å²) in [7, 11) is 0. The Hall–Kier alpha value is -6.08. The minimum atomic E-state index is -0.718. The minimum Gasteiger partial charge on any atom is -0.456 e. The molecule has 7 heteroatoms. The van der Waals surface area contributed by atoms with E-state index in [9.17, 15) is 0 Å². The van der Waals surface area contributed by atoms with E-state index >= 15 is 0 Å². The lowest BCUT2D eigenvalue weighted by atomic mass is 9.85. The number of aromatic nitrogens is 6. The van der Waals surface area contributed by atoms with Gasteiger partial charge < -0.3 is 4.74 Å². The molecule has 13 rings (SSSR count). The van der Waals surface area contributed by atoms with Crippen LogP contribution in [-0.2, 0) is 5.66 Å². The number of rotatable bonds is 0. The van der Waals surface area contributed by atoms with Crippen molar-refractivity contribution < 1.29 is 13.9 Å². The Morgan fingerprint density at radius 3 is 1.91 bits per heavy atom. The van der Waals surface area contributed by atoms with Gasteiger partial charge in [-0.1, -0.05) is 42.5 Å². The number of hydrogen-bond donors (Lipinski definition) is 0. The highest BCUT2D eigenvalue weighted by Gasteiger charge is 2.67. The first-order valence-corrected chi connectivity index (χ1v) is 14.9. The highest BCUT2D eigenvalue weighted by Crippen LogP contribution is 2.58. The number of benzene rings is 5. The van der Waals surface area contributed by atoms with Gasteiger partial charge in [-0.3, -0.25) is 0 Å². The summed E-state index contributed by atoms with van der Waals surface area (Å²) in [5.41, 5.74) is 11.5. The van der Waals surface area contributed by atoms with Crippen molar-refractivity contribution in [3.63, 3.8) is 0 Å². The first-order chi connectivity index (χ1) is 21.9. The molecule has 0 saturated carbocycles. The average molecular weight is 563 g/mol. The Labute approximate surface area is 247 Å². The van der Waals surface area contributed by atoms with Gasteiger partial charge in [-0.2, -0.15) is 17.9 Å². The molecular weight excluding hydrogens is 544 g/mol. The van der Waals surface area contributed by atoms with Crippen molar-refractivity contribution in [3.8, 4) is 11.5 Å². The van der Waals surface area contributed by atoms with Gasteiger partial charge in [-0.25, -0.2) is 9.97 Å². The van der Waals surface area contributed by atoms with E-state index in [1.54, 1.807) is 12.4 Å². The molecule has 5 aromatic heterocycles. The summed E-state index contributed by atoms with van der Waals surface area (Å²) < 4.78 is 16.9. The van der Waals surface area contributed by atoms with Crippen molar-refractivity contribution in [1.82, 2.24) is 18.8 Å². The second-order valence-electron chi connectivity index (χ2n) is 12.2. The molecule has 200 valence electrons. The third kappa shape index (κ3) is 1.80. The zero-order valence-corrected chi connectivity index (χ0v) is 23.0. The number of hydrogen-bond acceptors (Lipinski definition) is 3. The van der Waals surface area contributed by atoms with Gasteiger partial charge in [0.2, 0.25) is 0 Å². The summed E-state index contributed by atoms with van der Waals surface area (Å²) in [5.74, 6) is 1.79. The molecule has 0 bridgehead atoms. The van der Waals surface area contributed by atoms with Crippen LogP contribution in [0.1, 0.15) is 11.1 Å². The van der Waals surface area contributed by atoms with Crippen LogP contribution in [0, 0.1) is 0 Å². The van der Waals surface area contributed by atoms with Gasteiger partial charge in [0.1, 0.15) is 33.7 Å². The first kappa shape index (κ1) is 20.7. The molecule has 5 aromatic carbocycles.